The first kappa shape index (κ1) is 21.6. The number of hydrogen-bond donors (Lipinski definition) is 1. The van der Waals surface area contributed by atoms with E-state index in [2.05, 4.69) is 5.43 Å². The van der Waals surface area contributed by atoms with Gasteiger partial charge < -0.3 is 0 Å². The molecule has 1 N–H and O–H groups in total. The van der Waals surface area contributed by atoms with Crippen molar-refractivity contribution >= 4 is 23.0 Å². The van der Waals surface area contributed by atoms with Gasteiger partial charge in [0.25, 0.3) is 0 Å². The molecule has 30 heavy (non-hydrogen) atoms. The van der Waals surface area contributed by atoms with Crippen molar-refractivity contribution in [1.29, 1.82) is 5.26 Å². The second-order valence-electron chi connectivity index (χ2n) is 6.34. The van der Waals surface area contributed by atoms with Gasteiger partial charge in [-0.2, -0.15) is 31.6 Å². The minimum atomic E-state index is -4.96. The normalized spacial score (nSPS) is 14.9. The minimum Gasteiger partial charge on any atom is -0.297 e. The van der Waals surface area contributed by atoms with E-state index >= 15 is 0 Å². The summed E-state index contributed by atoms with van der Waals surface area (Å²) in [6, 6.07) is 9.66. The molecule has 3 rings (SSSR count). The Morgan fingerprint density at radius 2 is 1.63 bits per heavy atom. The van der Waals surface area contributed by atoms with E-state index in [9.17, 15) is 26.3 Å². The highest BCUT2D eigenvalue weighted by atomic mass is 35.5. The molecule has 2 aromatic carbocycles. The molecule has 2 aromatic rings. The molecule has 0 saturated heterocycles. The molecule has 0 unspecified atom stereocenters. The second-order valence-corrected chi connectivity index (χ2v) is 6.77. The fraction of sp³-hybridized carbons (Fsp3) is 0.150. The van der Waals surface area contributed by atoms with Gasteiger partial charge in [-0.3, -0.25) is 10.4 Å². The Labute approximate surface area is 172 Å². The molecular weight excluding hydrogens is 432 g/mol. The largest absolute Gasteiger partial charge is 0.416 e. The Morgan fingerprint density at radius 3 is 2.17 bits per heavy atom. The SMILES string of the molecule is N#C/C=C/C1=C(c2cccc(Cl)c2)NN(c2cc(C(F)(F)F)cc(C(F)(F)F)c2)C1. The Bertz CT molecular complexity index is 1030. The predicted octanol–water partition coefficient (Wildman–Crippen LogP) is 6.19. The number of nitrogens with zero attached hydrogens (tertiary/aromatic N) is 2. The second kappa shape index (κ2) is 7.95. The van der Waals surface area contributed by atoms with Crippen LogP contribution >= 0.6 is 11.6 Å². The Hall–Kier alpha value is -3.12. The molecule has 0 aromatic heterocycles. The van der Waals surface area contributed by atoms with Crippen molar-refractivity contribution in [3.63, 3.8) is 0 Å². The van der Waals surface area contributed by atoms with Gasteiger partial charge >= 0.3 is 12.4 Å². The summed E-state index contributed by atoms with van der Waals surface area (Å²) in [6.45, 7) is -0.0708. The maximum Gasteiger partial charge on any atom is 0.416 e. The third-order valence-corrected chi connectivity index (χ3v) is 4.49. The summed E-state index contributed by atoms with van der Waals surface area (Å²) >= 11 is 5.99. The molecule has 0 fully saturated rings. The van der Waals surface area contributed by atoms with E-state index in [1.165, 1.54) is 12.2 Å². The van der Waals surface area contributed by atoms with Gasteiger partial charge in [0, 0.05) is 16.7 Å². The number of allylic oxidation sites excluding steroid dienone is 1. The van der Waals surface area contributed by atoms with Crippen LogP contribution in [0.3, 0.4) is 0 Å². The molecule has 3 nitrogen and oxygen atoms in total. The van der Waals surface area contributed by atoms with Gasteiger partial charge in [0.2, 0.25) is 0 Å². The molecule has 0 atom stereocenters. The topological polar surface area (TPSA) is 39.1 Å². The van der Waals surface area contributed by atoms with E-state index in [1.54, 1.807) is 30.3 Å². The Kier molecular flexibility index (Phi) is 5.72. The molecule has 156 valence electrons. The maximum atomic E-state index is 13.2. The number of hydrazine groups is 1. The highest BCUT2D eigenvalue weighted by Gasteiger charge is 2.38. The number of hydrogen-bond acceptors (Lipinski definition) is 3. The van der Waals surface area contributed by atoms with Crippen molar-refractivity contribution in [2.75, 3.05) is 11.6 Å². The van der Waals surface area contributed by atoms with Gasteiger partial charge in [-0.25, -0.2) is 0 Å². The molecule has 0 radical (unpaired) electrons. The quantitative estimate of drug-likeness (QED) is 0.454. The monoisotopic (exact) mass is 443 g/mol. The van der Waals surface area contributed by atoms with Gasteiger partial charge in [0.15, 0.2) is 0 Å². The number of benzene rings is 2. The lowest BCUT2D eigenvalue weighted by Gasteiger charge is -2.23. The first-order chi connectivity index (χ1) is 14.0. The van der Waals surface area contributed by atoms with E-state index < -0.39 is 23.5 Å². The van der Waals surface area contributed by atoms with Crippen molar-refractivity contribution < 1.29 is 26.3 Å². The van der Waals surface area contributed by atoms with Crippen LogP contribution < -0.4 is 10.4 Å². The highest BCUT2D eigenvalue weighted by molar-refractivity contribution is 6.30. The van der Waals surface area contributed by atoms with Crippen LogP contribution in [0.15, 0.2) is 60.2 Å². The summed E-state index contributed by atoms with van der Waals surface area (Å²) in [5.74, 6) is 0. The zero-order valence-electron chi connectivity index (χ0n) is 14.9. The van der Waals surface area contributed by atoms with Gasteiger partial charge in [0.05, 0.1) is 35.1 Å². The molecule has 0 amide bonds. The molecular formula is C20H12ClF6N3. The first-order valence-electron chi connectivity index (χ1n) is 8.38. The van der Waals surface area contributed by atoms with Crippen LogP contribution in [-0.2, 0) is 12.4 Å². The lowest BCUT2D eigenvalue weighted by Crippen LogP contribution is -2.32. The fourth-order valence-corrected chi connectivity index (χ4v) is 3.10. The van der Waals surface area contributed by atoms with E-state index in [1.807, 2.05) is 0 Å². The van der Waals surface area contributed by atoms with E-state index in [-0.39, 0.29) is 18.3 Å². The summed E-state index contributed by atoms with van der Waals surface area (Å²) in [5.41, 5.74) is 1.13. The van der Waals surface area contributed by atoms with Crippen LogP contribution in [0, 0.1) is 11.3 Å². The van der Waals surface area contributed by atoms with Crippen molar-refractivity contribution in [2.24, 2.45) is 0 Å². The summed E-state index contributed by atoms with van der Waals surface area (Å²) in [5, 5.41) is 10.3. The summed E-state index contributed by atoms with van der Waals surface area (Å²) in [6.07, 6.45) is -7.31. The van der Waals surface area contributed by atoms with E-state index in [0.717, 1.165) is 5.01 Å². The number of halogens is 7. The molecule has 0 spiro atoms. The highest BCUT2D eigenvalue weighted by Crippen LogP contribution is 2.39. The van der Waals surface area contributed by atoms with Crippen LogP contribution in [0.25, 0.3) is 5.70 Å². The zero-order chi connectivity index (χ0) is 22.1. The zero-order valence-corrected chi connectivity index (χ0v) is 15.7. The Morgan fingerprint density at radius 1 is 1.00 bits per heavy atom. The molecule has 0 saturated carbocycles. The predicted molar refractivity (Wildman–Crippen MR) is 100 cm³/mol. The molecule has 1 heterocycles. The van der Waals surface area contributed by atoms with Crippen LogP contribution in [0.1, 0.15) is 16.7 Å². The van der Waals surface area contributed by atoms with Gasteiger partial charge in [-0.15, -0.1) is 0 Å². The lowest BCUT2D eigenvalue weighted by molar-refractivity contribution is -0.143. The summed E-state index contributed by atoms with van der Waals surface area (Å²) < 4.78 is 79.0. The third-order valence-electron chi connectivity index (χ3n) is 4.25. The summed E-state index contributed by atoms with van der Waals surface area (Å²) in [4.78, 5) is 0. The molecule has 0 bridgehead atoms. The third kappa shape index (κ3) is 4.71. The van der Waals surface area contributed by atoms with E-state index in [4.69, 9.17) is 16.9 Å². The summed E-state index contributed by atoms with van der Waals surface area (Å²) in [7, 11) is 0. The van der Waals surface area contributed by atoms with E-state index in [0.29, 0.717) is 34.0 Å². The van der Waals surface area contributed by atoms with Crippen molar-refractivity contribution in [2.45, 2.75) is 12.4 Å². The molecule has 1 aliphatic rings. The number of alkyl halides is 6. The lowest BCUT2D eigenvalue weighted by atomic mass is 10.1. The van der Waals surface area contributed by atoms with Crippen LogP contribution in [0.5, 0.6) is 0 Å². The first-order valence-corrected chi connectivity index (χ1v) is 8.76. The number of nitrogens with one attached hydrogen (secondary N) is 1. The van der Waals surface area contributed by atoms with Crippen LogP contribution in [0.2, 0.25) is 5.02 Å². The van der Waals surface area contributed by atoms with Crippen LogP contribution in [-0.4, -0.2) is 6.54 Å². The molecule has 0 aliphatic carbocycles. The number of rotatable bonds is 3. The molecule has 10 heteroatoms. The Balaban J connectivity index is 2.06. The van der Waals surface area contributed by atoms with Gasteiger partial charge in [0.1, 0.15) is 0 Å². The van der Waals surface area contributed by atoms with Crippen molar-refractivity contribution in [3.8, 4) is 6.07 Å². The maximum absolute atomic E-state index is 13.2. The standard InChI is InChI=1S/C20H12ClF6N3/c21-16-5-1-3-12(7-16)18-13(4-2-6-28)11-30(29-18)17-9-14(19(22,23)24)8-15(10-17)20(25,26)27/h1-5,7-10,29H,11H2/b4-2+. The minimum absolute atomic E-state index is 0.0708. The number of nitriles is 1. The fourth-order valence-electron chi connectivity index (χ4n) is 2.91. The average Bonchev–Trinajstić information content (AvgIpc) is 3.09. The molecule has 1 aliphatic heterocycles. The number of anilines is 1. The van der Waals surface area contributed by atoms with Gasteiger partial charge in [-0.05, 0) is 42.0 Å². The van der Waals surface area contributed by atoms with Crippen molar-refractivity contribution in [1.82, 2.24) is 5.43 Å². The van der Waals surface area contributed by atoms with Crippen molar-refractivity contribution in [3.05, 3.63) is 81.9 Å². The van der Waals surface area contributed by atoms with Crippen LogP contribution in [0.4, 0.5) is 32.0 Å². The van der Waals surface area contributed by atoms with Gasteiger partial charge in [-0.1, -0.05) is 23.7 Å². The average molecular weight is 444 g/mol. The smallest absolute Gasteiger partial charge is 0.297 e.